The third-order valence-corrected chi connectivity index (χ3v) is 3.33. The highest BCUT2D eigenvalue weighted by molar-refractivity contribution is 7.97. The van der Waals surface area contributed by atoms with E-state index in [1.807, 2.05) is 29.6 Å². The number of hydrogen-bond acceptors (Lipinski definition) is 5. The van der Waals surface area contributed by atoms with Crippen LogP contribution in [0.4, 0.5) is 4.79 Å². The topological polar surface area (TPSA) is 66.4 Å². The molecule has 7 heteroatoms. The van der Waals surface area contributed by atoms with E-state index in [1.165, 1.54) is 0 Å². The molecule has 0 unspecified atom stereocenters. The van der Waals surface area contributed by atoms with Gasteiger partial charge in [-0.1, -0.05) is 12.1 Å². The van der Waals surface area contributed by atoms with Gasteiger partial charge in [0.15, 0.2) is 0 Å². The molecular weight excluding hydrogens is 268 g/mol. The van der Waals surface area contributed by atoms with Gasteiger partial charge in [0.05, 0.1) is 6.21 Å². The van der Waals surface area contributed by atoms with E-state index in [0.29, 0.717) is 0 Å². The van der Waals surface area contributed by atoms with Crippen LogP contribution in [0.25, 0.3) is 0 Å². The molecule has 0 bridgehead atoms. The zero-order valence-electron chi connectivity index (χ0n) is 9.24. The van der Waals surface area contributed by atoms with E-state index in [1.54, 1.807) is 29.8 Å². The van der Waals surface area contributed by atoms with Gasteiger partial charge in [-0.15, -0.1) is 11.3 Å². The van der Waals surface area contributed by atoms with Gasteiger partial charge >= 0.3 is 6.03 Å². The molecule has 2 amide bonds. The molecule has 18 heavy (non-hydrogen) atoms. The Bertz CT molecular complexity index is 513. The first-order chi connectivity index (χ1) is 8.84. The number of hydrazone groups is 1. The normalized spacial score (nSPS) is 10.4. The number of carbonyl (C=O) groups is 1. The molecule has 0 aliphatic rings. The predicted octanol–water partition coefficient (Wildman–Crippen LogP) is 2.48. The molecule has 0 fully saturated rings. The van der Waals surface area contributed by atoms with Gasteiger partial charge in [0, 0.05) is 23.0 Å². The lowest BCUT2D eigenvalue weighted by Crippen LogP contribution is -2.27. The van der Waals surface area contributed by atoms with Crippen molar-refractivity contribution in [1.29, 1.82) is 0 Å². The fourth-order valence-electron chi connectivity index (χ4n) is 1.05. The average Bonchev–Trinajstić information content (AvgIpc) is 2.91. The Morgan fingerprint density at radius 3 is 3.06 bits per heavy atom. The first-order valence-corrected chi connectivity index (χ1v) is 6.74. The number of pyridine rings is 1. The molecule has 2 rings (SSSR count). The number of nitrogens with one attached hydrogen (secondary N) is 2. The summed E-state index contributed by atoms with van der Waals surface area (Å²) in [6.07, 6.45) is 3.26. The SMILES string of the molecule is O=C(N/N=C/c1cccs1)NSc1ccccn1. The highest BCUT2D eigenvalue weighted by Crippen LogP contribution is 2.08. The summed E-state index contributed by atoms with van der Waals surface area (Å²) < 4.78 is 2.57. The zero-order chi connectivity index (χ0) is 12.6. The van der Waals surface area contributed by atoms with Crippen LogP contribution in [0.2, 0.25) is 0 Å². The average molecular weight is 278 g/mol. The maximum absolute atomic E-state index is 11.4. The fraction of sp³-hybridized carbons (Fsp3) is 0. The van der Waals surface area contributed by atoms with Crippen LogP contribution in [-0.2, 0) is 0 Å². The maximum atomic E-state index is 11.4. The van der Waals surface area contributed by atoms with Crippen molar-refractivity contribution >= 4 is 35.5 Å². The molecule has 2 N–H and O–H groups in total. The van der Waals surface area contributed by atoms with E-state index < -0.39 is 6.03 Å². The molecule has 0 radical (unpaired) electrons. The van der Waals surface area contributed by atoms with Gasteiger partial charge in [-0.25, -0.2) is 15.2 Å². The number of nitrogens with zero attached hydrogens (tertiary/aromatic N) is 2. The second kappa shape index (κ2) is 6.77. The highest BCUT2D eigenvalue weighted by atomic mass is 32.2. The first-order valence-electron chi connectivity index (χ1n) is 5.05. The van der Waals surface area contributed by atoms with Crippen molar-refractivity contribution in [2.75, 3.05) is 0 Å². The van der Waals surface area contributed by atoms with Gasteiger partial charge in [0.25, 0.3) is 0 Å². The van der Waals surface area contributed by atoms with E-state index in [0.717, 1.165) is 21.9 Å². The lowest BCUT2D eigenvalue weighted by atomic mass is 10.5. The van der Waals surface area contributed by atoms with Gasteiger partial charge in [0.2, 0.25) is 0 Å². The van der Waals surface area contributed by atoms with E-state index >= 15 is 0 Å². The lowest BCUT2D eigenvalue weighted by Gasteiger charge is -2.01. The van der Waals surface area contributed by atoms with Crippen molar-refractivity contribution in [1.82, 2.24) is 15.1 Å². The summed E-state index contributed by atoms with van der Waals surface area (Å²) in [6, 6.07) is 8.91. The molecule has 5 nitrogen and oxygen atoms in total. The van der Waals surface area contributed by atoms with Gasteiger partial charge in [-0.3, -0.25) is 4.72 Å². The molecular formula is C11H10N4OS2. The monoisotopic (exact) mass is 278 g/mol. The first kappa shape index (κ1) is 12.6. The van der Waals surface area contributed by atoms with Crippen LogP contribution in [0.5, 0.6) is 0 Å². The van der Waals surface area contributed by atoms with Crippen LogP contribution in [0, 0.1) is 0 Å². The molecule has 0 aromatic carbocycles. The Balaban J connectivity index is 1.73. The Hall–Kier alpha value is -1.86. The standard InChI is InChI=1S/C11H10N4OS2/c16-11(14-13-8-9-4-3-7-17-9)15-18-10-5-1-2-6-12-10/h1-8H,(H2,14,15,16)/b13-8+. The molecule has 0 saturated heterocycles. The number of amides is 2. The molecule has 0 aliphatic carbocycles. The molecule has 2 aromatic heterocycles. The van der Waals surface area contributed by atoms with Crippen LogP contribution in [-0.4, -0.2) is 17.2 Å². The van der Waals surface area contributed by atoms with Gasteiger partial charge in [-0.05, 0) is 23.6 Å². The smallest absolute Gasteiger partial charge is 0.275 e. The number of carbonyl (C=O) groups excluding carboxylic acids is 1. The minimum atomic E-state index is -0.390. The summed E-state index contributed by atoms with van der Waals surface area (Å²) in [5, 5.41) is 6.48. The van der Waals surface area contributed by atoms with Crippen molar-refractivity contribution in [2.45, 2.75) is 5.03 Å². The molecule has 0 atom stereocenters. The Labute approximate surface area is 112 Å². The van der Waals surface area contributed by atoms with E-state index in [4.69, 9.17) is 0 Å². The summed E-state index contributed by atoms with van der Waals surface area (Å²) in [6.45, 7) is 0. The lowest BCUT2D eigenvalue weighted by molar-refractivity contribution is 0.247. The van der Waals surface area contributed by atoms with Crippen LogP contribution >= 0.6 is 23.3 Å². The number of aromatic nitrogens is 1. The minimum Gasteiger partial charge on any atom is -0.275 e. The van der Waals surface area contributed by atoms with Crippen LogP contribution in [0.15, 0.2) is 52.0 Å². The van der Waals surface area contributed by atoms with E-state index in [9.17, 15) is 4.79 Å². The Kier molecular flexibility index (Phi) is 4.74. The molecule has 2 heterocycles. The Morgan fingerprint density at radius 1 is 1.39 bits per heavy atom. The van der Waals surface area contributed by atoms with E-state index in [2.05, 4.69) is 20.2 Å². The quantitative estimate of drug-likeness (QED) is 0.513. The van der Waals surface area contributed by atoms with Crippen LogP contribution in [0.3, 0.4) is 0 Å². The molecule has 0 spiro atoms. The van der Waals surface area contributed by atoms with Crippen molar-refractivity contribution in [3.63, 3.8) is 0 Å². The van der Waals surface area contributed by atoms with Gasteiger partial charge in [0.1, 0.15) is 5.03 Å². The fourth-order valence-corrected chi connectivity index (χ4v) is 2.14. The largest absolute Gasteiger partial charge is 0.345 e. The molecule has 0 saturated carbocycles. The highest BCUT2D eigenvalue weighted by Gasteiger charge is 1.99. The third kappa shape index (κ3) is 4.19. The van der Waals surface area contributed by atoms with Crippen molar-refractivity contribution < 1.29 is 4.79 Å². The molecule has 2 aromatic rings. The summed E-state index contributed by atoms with van der Waals surface area (Å²) in [4.78, 5) is 16.4. The van der Waals surface area contributed by atoms with Gasteiger partial charge < -0.3 is 0 Å². The van der Waals surface area contributed by atoms with E-state index in [-0.39, 0.29) is 0 Å². The predicted molar refractivity (Wildman–Crippen MR) is 73.7 cm³/mol. The van der Waals surface area contributed by atoms with Crippen molar-refractivity contribution in [3.8, 4) is 0 Å². The zero-order valence-corrected chi connectivity index (χ0v) is 10.9. The summed E-state index contributed by atoms with van der Waals surface area (Å²) in [5.41, 5.74) is 2.37. The van der Waals surface area contributed by atoms with Crippen LogP contribution < -0.4 is 10.1 Å². The summed E-state index contributed by atoms with van der Waals surface area (Å²) in [7, 11) is 0. The molecule has 92 valence electrons. The van der Waals surface area contributed by atoms with Crippen molar-refractivity contribution in [2.24, 2.45) is 5.10 Å². The second-order valence-corrected chi connectivity index (χ2v) is 4.89. The Morgan fingerprint density at radius 2 is 2.33 bits per heavy atom. The minimum absolute atomic E-state index is 0.390. The van der Waals surface area contributed by atoms with Crippen molar-refractivity contribution in [3.05, 3.63) is 46.8 Å². The number of urea groups is 1. The summed E-state index contributed by atoms with van der Waals surface area (Å²) in [5.74, 6) is 0. The second-order valence-electron chi connectivity index (χ2n) is 3.09. The van der Waals surface area contributed by atoms with Crippen LogP contribution in [0.1, 0.15) is 4.88 Å². The summed E-state index contributed by atoms with van der Waals surface area (Å²) >= 11 is 2.68. The third-order valence-electron chi connectivity index (χ3n) is 1.79. The maximum Gasteiger partial charge on any atom is 0.345 e. The number of hydrogen-bond donors (Lipinski definition) is 2. The molecule has 0 aliphatic heterocycles. The number of thiophene rings is 1. The van der Waals surface area contributed by atoms with Gasteiger partial charge in [-0.2, -0.15) is 5.10 Å². The number of rotatable bonds is 4.